The van der Waals surface area contributed by atoms with Crippen molar-refractivity contribution in [1.29, 1.82) is 0 Å². The lowest BCUT2D eigenvalue weighted by atomic mass is 10.4. The van der Waals surface area contributed by atoms with Gasteiger partial charge in [-0.05, 0) is 35.8 Å². The van der Waals surface area contributed by atoms with Crippen molar-refractivity contribution in [1.82, 2.24) is 5.32 Å². The van der Waals surface area contributed by atoms with Crippen molar-refractivity contribution >= 4 is 27.3 Å². The van der Waals surface area contributed by atoms with Crippen LogP contribution in [-0.4, -0.2) is 6.54 Å². The van der Waals surface area contributed by atoms with Gasteiger partial charge in [0.15, 0.2) is 0 Å². The highest BCUT2D eigenvalue weighted by molar-refractivity contribution is 9.10. The van der Waals surface area contributed by atoms with Crippen molar-refractivity contribution in [3.8, 4) is 11.8 Å². The van der Waals surface area contributed by atoms with Crippen LogP contribution in [0.2, 0.25) is 0 Å². The summed E-state index contributed by atoms with van der Waals surface area (Å²) in [5, 5.41) is 3.36. The van der Waals surface area contributed by atoms with E-state index in [1.54, 1.807) is 0 Å². The molecule has 1 heterocycles. The zero-order valence-electron chi connectivity index (χ0n) is 8.48. The van der Waals surface area contributed by atoms with Gasteiger partial charge in [-0.25, -0.2) is 0 Å². The molecule has 0 spiro atoms. The standard InChI is InChI=1S/C11H14BrNS/c1-3-4-5-6-13-8-10-7-11(12)9(2)14-10/h7,13H,5-6,8H2,1-2H3. The van der Waals surface area contributed by atoms with Crippen LogP contribution in [-0.2, 0) is 6.54 Å². The number of aryl methyl sites for hydroxylation is 1. The van der Waals surface area contributed by atoms with Crippen LogP contribution in [0, 0.1) is 18.8 Å². The second-order valence-corrected chi connectivity index (χ2v) is 5.17. The maximum absolute atomic E-state index is 3.51. The van der Waals surface area contributed by atoms with Gasteiger partial charge in [0.2, 0.25) is 0 Å². The monoisotopic (exact) mass is 271 g/mol. The van der Waals surface area contributed by atoms with Crippen molar-refractivity contribution in [2.24, 2.45) is 0 Å². The van der Waals surface area contributed by atoms with Crippen molar-refractivity contribution in [3.63, 3.8) is 0 Å². The minimum absolute atomic E-state index is 0.933. The molecule has 1 aromatic heterocycles. The highest BCUT2D eigenvalue weighted by Gasteiger charge is 2.01. The second-order valence-electron chi connectivity index (χ2n) is 2.97. The van der Waals surface area contributed by atoms with Crippen molar-refractivity contribution in [2.45, 2.75) is 26.8 Å². The zero-order chi connectivity index (χ0) is 10.4. The Bertz CT molecular complexity index is 326. The summed E-state index contributed by atoms with van der Waals surface area (Å²) in [5.74, 6) is 5.92. The number of halogens is 1. The number of hydrogen-bond donors (Lipinski definition) is 1. The maximum atomic E-state index is 3.51. The molecule has 0 aliphatic rings. The van der Waals surface area contributed by atoms with Gasteiger partial charge in [-0.1, -0.05) is 0 Å². The SMILES string of the molecule is CC#CCCNCc1cc(Br)c(C)s1. The highest BCUT2D eigenvalue weighted by atomic mass is 79.9. The lowest BCUT2D eigenvalue weighted by Crippen LogP contribution is -2.13. The van der Waals surface area contributed by atoms with E-state index in [2.05, 4.69) is 46.1 Å². The number of hydrogen-bond acceptors (Lipinski definition) is 2. The fraction of sp³-hybridized carbons (Fsp3) is 0.455. The summed E-state index contributed by atoms with van der Waals surface area (Å²) >= 11 is 5.34. The lowest BCUT2D eigenvalue weighted by molar-refractivity contribution is 0.708. The van der Waals surface area contributed by atoms with E-state index in [1.807, 2.05) is 18.3 Å². The van der Waals surface area contributed by atoms with Gasteiger partial charge in [0.1, 0.15) is 0 Å². The first-order valence-corrected chi connectivity index (χ1v) is 6.20. The molecular formula is C11H14BrNS. The Kier molecular flexibility index (Phi) is 5.24. The largest absolute Gasteiger partial charge is 0.311 e. The Labute approximate surface area is 98.0 Å². The van der Waals surface area contributed by atoms with E-state index in [-0.39, 0.29) is 0 Å². The predicted octanol–water partition coefficient (Wildman–Crippen LogP) is 3.32. The summed E-state index contributed by atoms with van der Waals surface area (Å²) in [6.07, 6.45) is 0.933. The van der Waals surface area contributed by atoms with Crippen LogP contribution in [0.4, 0.5) is 0 Å². The van der Waals surface area contributed by atoms with E-state index in [4.69, 9.17) is 0 Å². The van der Waals surface area contributed by atoms with Crippen LogP contribution in [0.25, 0.3) is 0 Å². The predicted molar refractivity (Wildman–Crippen MR) is 66.5 cm³/mol. The van der Waals surface area contributed by atoms with Crippen LogP contribution < -0.4 is 5.32 Å². The Balaban J connectivity index is 2.27. The molecule has 3 heteroatoms. The first kappa shape index (κ1) is 11.8. The Hall–Kier alpha value is -0.300. The zero-order valence-corrected chi connectivity index (χ0v) is 10.9. The van der Waals surface area contributed by atoms with E-state index < -0.39 is 0 Å². The molecule has 0 aliphatic heterocycles. The quantitative estimate of drug-likeness (QED) is 0.655. The fourth-order valence-corrected chi connectivity index (χ4v) is 2.66. The first-order valence-electron chi connectivity index (χ1n) is 4.59. The molecule has 0 atom stereocenters. The van der Waals surface area contributed by atoms with E-state index in [0.29, 0.717) is 0 Å². The third-order valence-corrected chi connectivity index (χ3v) is 3.95. The van der Waals surface area contributed by atoms with Crippen LogP contribution in [0.3, 0.4) is 0 Å². The summed E-state index contributed by atoms with van der Waals surface area (Å²) in [5.41, 5.74) is 0. The summed E-state index contributed by atoms with van der Waals surface area (Å²) in [7, 11) is 0. The van der Waals surface area contributed by atoms with E-state index in [9.17, 15) is 0 Å². The van der Waals surface area contributed by atoms with Gasteiger partial charge in [0.05, 0.1) is 0 Å². The number of rotatable bonds is 4. The van der Waals surface area contributed by atoms with Gasteiger partial charge in [-0.3, -0.25) is 0 Å². The van der Waals surface area contributed by atoms with Crippen LogP contribution >= 0.6 is 27.3 Å². The van der Waals surface area contributed by atoms with Crippen LogP contribution in [0.15, 0.2) is 10.5 Å². The Morgan fingerprint density at radius 1 is 1.57 bits per heavy atom. The molecule has 1 N–H and O–H groups in total. The van der Waals surface area contributed by atoms with E-state index >= 15 is 0 Å². The van der Waals surface area contributed by atoms with Gasteiger partial charge in [-0.2, -0.15) is 0 Å². The Morgan fingerprint density at radius 3 is 2.93 bits per heavy atom. The molecule has 0 saturated carbocycles. The summed E-state index contributed by atoms with van der Waals surface area (Å²) < 4.78 is 1.22. The molecule has 0 bridgehead atoms. The molecule has 76 valence electrons. The van der Waals surface area contributed by atoms with Gasteiger partial charge < -0.3 is 5.32 Å². The molecule has 1 nitrogen and oxygen atoms in total. The third kappa shape index (κ3) is 3.83. The van der Waals surface area contributed by atoms with Crippen LogP contribution in [0.5, 0.6) is 0 Å². The molecule has 0 fully saturated rings. The lowest BCUT2D eigenvalue weighted by Gasteiger charge is -1.98. The molecule has 14 heavy (non-hydrogen) atoms. The van der Waals surface area contributed by atoms with Gasteiger partial charge in [0, 0.05) is 33.7 Å². The number of nitrogens with one attached hydrogen (secondary N) is 1. The van der Waals surface area contributed by atoms with Crippen molar-refractivity contribution in [3.05, 3.63) is 20.3 Å². The third-order valence-electron chi connectivity index (χ3n) is 1.81. The molecular weight excluding hydrogens is 258 g/mol. The molecule has 0 saturated heterocycles. The number of thiophene rings is 1. The first-order chi connectivity index (χ1) is 6.74. The van der Waals surface area contributed by atoms with E-state index in [1.165, 1.54) is 14.2 Å². The average Bonchev–Trinajstić information content (AvgIpc) is 2.46. The second kappa shape index (κ2) is 6.23. The molecule has 0 amide bonds. The fourth-order valence-electron chi connectivity index (χ4n) is 1.09. The van der Waals surface area contributed by atoms with Gasteiger partial charge in [0.25, 0.3) is 0 Å². The van der Waals surface area contributed by atoms with Crippen LogP contribution in [0.1, 0.15) is 23.1 Å². The van der Waals surface area contributed by atoms with Gasteiger partial charge >= 0.3 is 0 Å². The Morgan fingerprint density at radius 2 is 2.36 bits per heavy atom. The van der Waals surface area contributed by atoms with E-state index in [0.717, 1.165) is 19.5 Å². The van der Waals surface area contributed by atoms with Crippen molar-refractivity contribution in [2.75, 3.05) is 6.54 Å². The average molecular weight is 272 g/mol. The van der Waals surface area contributed by atoms with Gasteiger partial charge in [-0.15, -0.1) is 23.2 Å². The molecule has 0 unspecified atom stereocenters. The normalized spacial score (nSPS) is 9.64. The molecule has 0 aliphatic carbocycles. The summed E-state index contributed by atoms with van der Waals surface area (Å²) in [4.78, 5) is 2.72. The topological polar surface area (TPSA) is 12.0 Å². The summed E-state index contributed by atoms with van der Waals surface area (Å²) in [6, 6.07) is 2.18. The maximum Gasteiger partial charge on any atom is 0.0314 e. The molecule has 0 aromatic carbocycles. The minimum atomic E-state index is 0.933. The smallest absolute Gasteiger partial charge is 0.0314 e. The molecule has 1 aromatic rings. The van der Waals surface area contributed by atoms with Crippen molar-refractivity contribution < 1.29 is 0 Å². The highest BCUT2D eigenvalue weighted by Crippen LogP contribution is 2.25. The minimum Gasteiger partial charge on any atom is -0.311 e. The molecule has 0 radical (unpaired) electrons. The summed E-state index contributed by atoms with van der Waals surface area (Å²) in [6.45, 7) is 5.92. The molecule has 1 rings (SSSR count).